The lowest BCUT2D eigenvalue weighted by molar-refractivity contribution is 0.0950. The molecule has 3 aromatic rings. The van der Waals surface area contributed by atoms with Gasteiger partial charge in [0.2, 0.25) is 0 Å². The van der Waals surface area contributed by atoms with Crippen LogP contribution in [0, 0.1) is 6.92 Å². The summed E-state index contributed by atoms with van der Waals surface area (Å²) in [4.78, 5) is 15.9. The van der Waals surface area contributed by atoms with Gasteiger partial charge in [-0.1, -0.05) is 41.4 Å². The van der Waals surface area contributed by atoms with Crippen molar-refractivity contribution in [1.29, 1.82) is 0 Å². The van der Waals surface area contributed by atoms with E-state index in [2.05, 4.69) is 20.6 Å². The number of amides is 1. The number of rotatable bonds is 5. The molecule has 132 valence electrons. The maximum absolute atomic E-state index is 11.9. The van der Waals surface area contributed by atoms with E-state index in [0.717, 1.165) is 5.56 Å². The molecule has 1 N–H and O–H groups in total. The highest BCUT2D eigenvalue weighted by Crippen LogP contribution is 2.19. The molecule has 0 radical (unpaired) electrons. The Kier molecular flexibility index (Phi) is 5.65. The predicted octanol–water partition coefficient (Wildman–Crippen LogP) is 3.71. The van der Waals surface area contributed by atoms with Crippen LogP contribution in [0.1, 0.15) is 27.3 Å². The Balaban J connectivity index is 1.71. The van der Waals surface area contributed by atoms with Crippen LogP contribution in [-0.2, 0) is 6.54 Å². The number of nitrogens with zero attached hydrogens (tertiary/aromatic N) is 4. The number of halogens is 2. The van der Waals surface area contributed by atoms with Gasteiger partial charge in [0.1, 0.15) is 10.8 Å². The second-order valence-electron chi connectivity index (χ2n) is 5.49. The van der Waals surface area contributed by atoms with E-state index in [1.807, 2.05) is 31.2 Å². The maximum atomic E-state index is 11.9. The van der Waals surface area contributed by atoms with Crippen LogP contribution < -0.4 is 5.43 Å². The number of hydrogen-bond donors (Lipinski definition) is 1. The standard InChI is InChI=1S/C18H15Cl2N5O/c1-12-15(10-22-23-18(26)16-4-2-3-9-21-16)17(20)25(24-12)11-13-5-7-14(19)8-6-13/h2-10H,11H2,1H3,(H,23,26)/b22-10+. The third-order valence-corrected chi connectivity index (χ3v) is 4.26. The largest absolute Gasteiger partial charge is 0.289 e. The number of hydrogen-bond acceptors (Lipinski definition) is 4. The minimum Gasteiger partial charge on any atom is -0.266 e. The van der Waals surface area contributed by atoms with Gasteiger partial charge >= 0.3 is 0 Å². The molecule has 6 nitrogen and oxygen atoms in total. The first-order valence-corrected chi connectivity index (χ1v) is 8.52. The summed E-state index contributed by atoms with van der Waals surface area (Å²) in [7, 11) is 0. The monoisotopic (exact) mass is 387 g/mol. The Morgan fingerprint density at radius 3 is 2.69 bits per heavy atom. The Morgan fingerprint density at radius 1 is 1.23 bits per heavy atom. The molecule has 2 aromatic heterocycles. The van der Waals surface area contributed by atoms with Crippen molar-refractivity contribution in [2.24, 2.45) is 5.10 Å². The molecule has 0 atom stereocenters. The van der Waals surface area contributed by atoms with E-state index >= 15 is 0 Å². The van der Waals surface area contributed by atoms with Gasteiger partial charge in [0.25, 0.3) is 5.91 Å². The van der Waals surface area contributed by atoms with Crippen LogP contribution in [0.4, 0.5) is 0 Å². The number of nitrogens with one attached hydrogen (secondary N) is 1. The Morgan fingerprint density at radius 2 is 2.00 bits per heavy atom. The highest BCUT2D eigenvalue weighted by atomic mass is 35.5. The first kappa shape index (κ1) is 18.1. The summed E-state index contributed by atoms with van der Waals surface area (Å²) in [6.45, 7) is 2.33. The second-order valence-corrected chi connectivity index (χ2v) is 6.28. The Labute approximate surface area is 160 Å². The van der Waals surface area contributed by atoms with Gasteiger partial charge < -0.3 is 0 Å². The van der Waals surface area contributed by atoms with Crippen LogP contribution in [0.5, 0.6) is 0 Å². The zero-order chi connectivity index (χ0) is 18.5. The van der Waals surface area contributed by atoms with Gasteiger partial charge in [-0.05, 0) is 36.8 Å². The van der Waals surface area contributed by atoms with Gasteiger partial charge in [-0.3, -0.25) is 9.78 Å². The highest BCUT2D eigenvalue weighted by Gasteiger charge is 2.12. The average Bonchev–Trinajstić information content (AvgIpc) is 2.91. The second kappa shape index (κ2) is 8.12. The number of pyridine rings is 1. The van der Waals surface area contributed by atoms with Gasteiger partial charge in [-0.15, -0.1) is 0 Å². The smallest absolute Gasteiger partial charge is 0.266 e. The first-order valence-electron chi connectivity index (χ1n) is 7.76. The van der Waals surface area contributed by atoms with Crippen molar-refractivity contribution in [3.8, 4) is 0 Å². The summed E-state index contributed by atoms with van der Waals surface area (Å²) >= 11 is 12.3. The van der Waals surface area contributed by atoms with Crippen molar-refractivity contribution in [2.45, 2.75) is 13.5 Å². The van der Waals surface area contributed by atoms with Crippen LogP contribution in [0.25, 0.3) is 0 Å². The molecule has 0 aliphatic rings. The van der Waals surface area contributed by atoms with Crippen molar-refractivity contribution in [3.63, 3.8) is 0 Å². The zero-order valence-corrected chi connectivity index (χ0v) is 15.4. The predicted molar refractivity (Wildman–Crippen MR) is 102 cm³/mol. The summed E-state index contributed by atoms with van der Waals surface area (Å²) in [6, 6.07) is 12.5. The number of carbonyl (C=O) groups excluding carboxylic acids is 1. The molecular formula is C18H15Cl2N5O. The summed E-state index contributed by atoms with van der Waals surface area (Å²) in [6.07, 6.45) is 3.02. The topological polar surface area (TPSA) is 72.2 Å². The molecule has 3 rings (SSSR count). The fraction of sp³-hybridized carbons (Fsp3) is 0.111. The first-order chi connectivity index (χ1) is 12.5. The van der Waals surface area contributed by atoms with Crippen molar-refractivity contribution < 1.29 is 4.79 Å². The minimum absolute atomic E-state index is 0.283. The van der Waals surface area contributed by atoms with Crippen molar-refractivity contribution in [3.05, 3.63) is 81.4 Å². The molecule has 0 fully saturated rings. The molecule has 8 heteroatoms. The van der Waals surface area contributed by atoms with Crippen molar-refractivity contribution in [1.82, 2.24) is 20.2 Å². The van der Waals surface area contributed by atoms with E-state index in [1.165, 1.54) is 6.21 Å². The molecule has 0 saturated carbocycles. The lowest BCUT2D eigenvalue weighted by Gasteiger charge is -2.03. The van der Waals surface area contributed by atoms with Gasteiger partial charge in [0.05, 0.1) is 24.0 Å². The van der Waals surface area contributed by atoms with Crippen LogP contribution in [0.3, 0.4) is 0 Å². The molecule has 0 bridgehead atoms. The van der Waals surface area contributed by atoms with E-state index in [0.29, 0.717) is 28.0 Å². The molecule has 0 saturated heterocycles. The summed E-state index contributed by atoms with van der Waals surface area (Å²) in [5, 5.41) is 9.48. The number of aryl methyl sites for hydroxylation is 1. The quantitative estimate of drug-likeness (QED) is 0.535. The minimum atomic E-state index is -0.399. The molecule has 26 heavy (non-hydrogen) atoms. The van der Waals surface area contributed by atoms with Crippen molar-refractivity contribution >= 4 is 35.3 Å². The molecule has 0 spiro atoms. The number of benzene rings is 1. The van der Waals surface area contributed by atoms with Crippen LogP contribution in [-0.4, -0.2) is 26.9 Å². The van der Waals surface area contributed by atoms with Crippen LogP contribution in [0.15, 0.2) is 53.8 Å². The van der Waals surface area contributed by atoms with Gasteiger partial charge in [0, 0.05) is 11.2 Å². The summed E-state index contributed by atoms with van der Waals surface area (Å²) in [5.74, 6) is -0.399. The SMILES string of the molecule is Cc1nn(Cc2ccc(Cl)cc2)c(Cl)c1/C=N/NC(=O)c1ccccn1. The molecular weight excluding hydrogens is 373 g/mol. The Bertz CT molecular complexity index is 936. The molecule has 0 aliphatic heterocycles. The lowest BCUT2D eigenvalue weighted by atomic mass is 10.2. The zero-order valence-electron chi connectivity index (χ0n) is 13.9. The van der Waals surface area contributed by atoms with E-state index in [4.69, 9.17) is 23.2 Å². The van der Waals surface area contributed by atoms with E-state index in [1.54, 1.807) is 29.1 Å². The molecule has 0 aliphatic carbocycles. The fourth-order valence-electron chi connectivity index (χ4n) is 2.29. The average molecular weight is 388 g/mol. The normalized spacial score (nSPS) is 11.0. The molecule has 1 amide bonds. The Hall–Kier alpha value is -2.70. The fourth-order valence-corrected chi connectivity index (χ4v) is 2.70. The van der Waals surface area contributed by atoms with E-state index < -0.39 is 5.91 Å². The highest BCUT2D eigenvalue weighted by molar-refractivity contribution is 6.32. The molecule has 0 unspecified atom stereocenters. The summed E-state index contributed by atoms with van der Waals surface area (Å²) < 4.78 is 1.67. The van der Waals surface area contributed by atoms with Gasteiger partial charge in [-0.2, -0.15) is 10.2 Å². The number of hydrazone groups is 1. The van der Waals surface area contributed by atoms with Crippen molar-refractivity contribution in [2.75, 3.05) is 0 Å². The van der Waals surface area contributed by atoms with Crippen LogP contribution >= 0.6 is 23.2 Å². The van der Waals surface area contributed by atoms with Gasteiger partial charge in [0.15, 0.2) is 0 Å². The van der Waals surface area contributed by atoms with E-state index in [9.17, 15) is 4.79 Å². The molecule has 1 aromatic carbocycles. The number of carbonyl (C=O) groups is 1. The summed E-state index contributed by atoms with van der Waals surface area (Å²) in [5.41, 5.74) is 5.08. The lowest BCUT2D eigenvalue weighted by Crippen LogP contribution is -2.18. The number of aromatic nitrogens is 3. The third-order valence-electron chi connectivity index (χ3n) is 3.61. The van der Waals surface area contributed by atoms with Crippen LogP contribution in [0.2, 0.25) is 10.2 Å². The molecule has 2 heterocycles. The maximum Gasteiger partial charge on any atom is 0.289 e. The van der Waals surface area contributed by atoms with E-state index in [-0.39, 0.29) is 5.69 Å². The van der Waals surface area contributed by atoms with Gasteiger partial charge in [-0.25, -0.2) is 10.1 Å². The third kappa shape index (κ3) is 4.28.